The van der Waals surface area contributed by atoms with Crippen molar-refractivity contribution in [2.24, 2.45) is 5.92 Å². The van der Waals surface area contributed by atoms with Gasteiger partial charge < -0.3 is 4.74 Å². The summed E-state index contributed by atoms with van der Waals surface area (Å²) in [6, 6.07) is 4.83. The van der Waals surface area contributed by atoms with Crippen molar-refractivity contribution < 1.29 is 13.2 Å². The van der Waals surface area contributed by atoms with Gasteiger partial charge in [-0.3, -0.25) is 0 Å². The Morgan fingerprint density at radius 2 is 2.11 bits per heavy atom. The van der Waals surface area contributed by atoms with Crippen LogP contribution in [0, 0.1) is 5.92 Å². The second-order valence-electron chi connectivity index (χ2n) is 5.03. The number of methoxy groups -OCH3 is 1. The first kappa shape index (κ1) is 14.8. The van der Waals surface area contributed by atoms with E-state index in [4.69, 9.17) is 4.74 Å². The molecule has 106 valence electrons. The Morgan fingerprint density at radius 3 is 2.63 bits per heavy atom. The fourth-order valence-electron chi connectivity index (χ4n) is 2.42. The fraction of sp³-hybridized carbons (Fsp3) is 0.538. The third-order valence-electron chi connectivity index (χ3n) is 3.45. The quantitative estimate of drug-likeness (QED) is 0.910. The molecule has 0 saturated heterocycles. The predicted molar refractivity (Wildman–Crippen MR) is 77.8 cm³/mol. The molecule has 0 amide bonds. The van der Waals surface area contributed by atoms with Gasteiger partial charge in [-0.15, -0.1) is 0 Å². The summed E-state index contributed by atoms with van der Waals surface area (Å²) in [6.07, 6.45) is 2.91. The number of sulfonamides is 1. The van der Waals surface area contributed by atoms with Crippen LogP contribution in [0.25, 0.3) is 0 Å². The molecule has 19 heavy (non-hydrogen) atoms. The molecule has 1 fully saturated rings. The fourth-order valence-corrected chi connectivity index (χ4v) is 4.42. The van der Waals surface area contributed by atoms with Crippen LogP contribution in [0.5, 0.6) is 5.75 Å². The van der Waals surface area contributed by atoms with E-state index in [0.29, 0.717) is 16.1 Å². The van der Waals surface area contributed by atoms with Crippen molar-refractivity contribution in [1.29, 1.82) is 0 Å². The Hall–Kier alpha value is -0.590. The van der Waals surface area contributed by atoms with Crippen LogP contribution in [-0.2, 0) is 10.0 Å². The molecule has 0 spiro atoms. The second kappa shape index (κ2) is 5.81. The maximum atomic E-state index is 12.3. The largest absolute Gasteiger partial charge is 0.496 e. The number of benzene rings is 1. The van der Waals surface area contributed by atoms with Gasteiger partial charge in [0.25, 0.3) is 0 Å². The van der Waals surface area contributed by atoms with Crippen molar-refractivity contribution in [1.82, 2.24) is 4.72 Å². The second-order valence-corrected chi connectivity index (χ2v) is 7.60. The van der Waals surface area contributed by atoms with Crippen molar-refractivity contribution in [2.75, 3.05) is 7.11 Å². The van der Waals surface area contributed by atoms with Gasteiger partial charge in [0.15, 0.2) is 0 Å². The van der Waals surface area contributed by atoms with Gasteiger partial charge in [-0.2, -0.15) is 0 Å². The van der Waals surface area contributed by atoms with E-state index in [2.05, 4.69) is 27.6 Å². The number of hydrogen-bond donors (Lipinski definition) is 1. The van der Waals surface area contributed by atoms with Crippen molar-refractivity contribution in [3.05, 3.63) is 22.7 Å². The minimum absolute atomic E-state index is 0.0564. The van der Waals surface area contributed by atoms with E-state index < -0.39 is 10.0 Å². The lowest BCUT2D eigenvalue weighted by Gasteiger charge is -2.13. The molecule has 1 aromatic rings. The molecule has 1 aliphatic carbocycles. The van der Waals surface area contributed by atoms with E-state index in [1.165, 1.54) is 0 Å². The molecule has 4 nitrogen and oxygen atoms in total. The number of rotatable bonds is 4. The zero-order valence-electron chi connectivity index (χ0n) is 11.0. The summed E-state index contributed by atoms with van der Waals surface area (Å²) in [5.74, 6) is 1.21. The summed E-state index contributed by atoms with van der Waals surface area (Å²) >= 11 is 3.30. The van der Waals surface area contributed by atoms with E-state index in [9.17, 15) is 8.42 Å². The van der Waals surface area contributed by atoms with E-state index in [-0.39, 0.29) is 10.9 Å². The van der Waals surface area contributed by atoms with Gasteiger partial charge in [-0.1, -0.05) is 6.92 Å². The number of halogens is 1. The monoisotopic (exact) mass is 347 g/mol. The summed E-state index contributed by atoms with van der Waals surface area (Å²) in [7, 11) is -1.90. The van der Waals surface area contributed by atoms with Gasteiger partial charge in [0.2, 0.25) is 10.0 Å². The van der Waals surface area contributed by atoms with Crippen LogP contribution in [0.1, 0.15) is 26.2 Å². The molecule has 6 heteroatoms. The third kappa shape index (κ3) is 3.49. The zero-order chi connectivity index (χ0) is 14.0. The molecule has 1 N–H and O–H groups in total. The van der Waals surface area contributed by atoms with Crippen LogP contribution in [0.3, 0.4) is 0 Å². The lowest BCUT2D eigenvalue weighted by Crippen LogP contribution is -2.32. The molecule has 2 atom stereocenters. The molecule has 0 aliphatic heterocycles. The van der Waals surface area contributed by atoms with Gasteiger partial charge in [0.1, 0.15) is 5.75 Å². The summed E-state index contributed by atoms with van der Waals surface area (Å²) < 4.78 is 33.1. The van der Waals surface area contributed by atoms with Gasteiger partial charge in [0.05, 0.1) is 16.5 Å². The first-order valence-electron chi connectivity index (χ1n) is 6.28. The van der Waals surface area contributed by atoms with Crippen LogP contribution in [-0.4, -0.2) is 21.6 Å². The topological polar surface area (TPSA) is 55.4 Å². The Bertz CT molecular complexity index is 559. The number of ether oxygens (including phenoxy) is 1. The average molecular weight is 348 g/mol. The Labute approximate surface area is 122 Å². The highest BCUT2D eigenvalue weighted by molar-refractivity contribution is 9.10. The van der Waals surface area contributed by atoms with Gasteiger partial charge in [0, 0.05) is 6.04 Å². The van der Waals surface area contributed by atoms with Crippen molar-refractivity contribution >= 4 is 26.0 Å². The normalized spacial score (nSPS) is 23.5. The van der Waals surface area contributed by atoms with Crippen molar-refractivity contribution in [2.45, 2.75) is 37.1 Å². The first-order chi connectivity index (χ1) is 8.92. The smallest absolute Gasteiger partial charge is 0.240 e. The van der Waals surface area contributed by atoms with Crippen LogP contribution in [0.15, 0.2) is 27.6 Å². The molecule has 2 unspecified atom stereocenters. The maximum absolute atomic E-state index is 12.3. The maximum Gasteiger partial charge on any atom is 0.240 e. The Morgan fingerprint density at radius 1 is 1.37 bits per heavy atom. The lowest BCUT2D eigenvalue weighted by molar-refractivity contribution is 0.411. The summed E-state index contributed by atoms with van der Waals surface area (Å²) in [4.78, 5) is 0.264. The number of nitrogens with one attached hydrogen (secondary N) is 1. The van der Waals surface area contributed by atoms with Gasteiger partial charge >= 0.3 is 0 Å². The molecule has 2 rings (SSSR count). The minimum atomic E-state index is -3.45. The summed E-state index contributed by atoms with van der Waals surface area (Å²) in [5.41, 5.74) is 0. The molecular weight excluding hydrogens is 330 g/mol. The van der Waals surface area contributed by atoms with Crippen molar-refractivity contribution in [3.8, 4) is 5.75 Å². The predicted octanol–water partition coefficient (Wildman–Crippen LogP) is 2.92. The SMILES string of the molecule is COc1ccc(S(=O)(=O)NC2CCC(C)C2)cc1Br. The summed E-state index contributed by atoms with van der Waals surface area (Å²) in [5, 5.41) is 0. The molecule has 0 heterocycles. The Balaban J connectivity index is 2.17. The van der Waals surface area contributed by atoms with Crippen LogP contribution in [0.2, 0.25) is 0 Å². The third-order valence-corrected chi connectivity index (χ3v) is 5.59. The van der Waals surface area contributed by atoms with E-state index in [0.717, 1.165) is 19.3 Å². The highest BCUT2D eigenvalue weighted by atomic mass is 79.9. The standard InChI is InChI=1S/C13H18BrNO3S/c1-9-3-4-10(7-9)15-19(16,17)11-5-6-13(18-2)12(14)8-11/h5-6,8-10,15H,3-4,7H2,1-2H3. The minimum Gasteiger partial charge on any atom is -0.496 e. The Kier molecular flexibility index (Phi) is 4.53. The molecule has 0 radical (unpaired) electrons. The van der Waals surface area contributed by atoms with E-state index >= 15 is 0 Å². The molecule has 0 bridgehead atoms. The molecule has 1 saturated carbocycles. The molecule has 1 aliphatic rings. The van der Waals surface area contributed by atoms with Gasteiger partial charge in [-0.05, 0) is 59.3 Å². The molecular formula is C13H18BrNO3S. The van der Waals surface area contributed by atoms with E-state index in [1.807, 2.05) is 0 Å². The highest BCUT2D eigenvalue weighted by Crippen LogP contribution is 2.29. The first-order valence-corrected chi connectivity index (χ1v) is 8.56. The van der Waals surface area contributed by atoms with E-state index in [1.54, 1.807) is 25.3 Å². The van der Waals surface area contributed by atoms with Crippen LogP contribution < -0.4 is 9.46 Å². The van der Waals surface area contributed by atoms with Crippen LogP contribution in [0.4, 0.5) is 0 Å². The molecule has 0 aromatic heterocycles. The van der Waals surface area contributed by atoms with Crippen molar-refractivity contribution in [3.63, 3.8) is 0 Å². The van der Waals surface area contributed by atoms with Crippen LogP contribution >= 0.6 is 15.9 Å². The summed E-state index contributed by atoms with van der Waals surface area (Å²) in [6.45, 7) is 2.15. The van der Waals surface area contributed by atoms with Gasteiger partial charge in [-0.25, -0.2) is 13.1 Å². The lowest BCUT2D eigenvalue weighted by atomic mass is 10.1. The number of hydrogen-bond acceptors (Lipinski definition) is 3. The zero-order valence-corrected chi connectivity index (χ0v) is 13.4. The average Bonchev–Trinajstić information content (AvgIpc) is 2.73. The highest BCUT2D eigenvalue weighted by Gasteiger charge is 2.26. The molecule has 1 aromatic carbocycles.